The molecule has 0 aromatic carbocycles. The maximum absolute atomic E-state index is 11.6. The molecule has 0 fully saturated rings. The van der Waals surface area contributed by atoms with Crippen LogP contribution in [-0.2, 0) is 20.9 Å². The monoisotopic (exact) mass is 284 g/mol. The normalized spacial score (nSPS) is 11.8. The highest BCUT2D eigenvalue weighted by atomic mass is 16.4. The van der Waals surface area contributed by atoms with E-state index in [0.717, 1.165) is 0 Å². The lowest BCUT2D eigenvalue weighted by molar-refractivity contribution is -0.142. The zero-order valence-corrected chi connectivity index (χ0v) is 10.7. The molecule has 0 aliphatic carbocycles. The van der Waals surface area contributed by atoms with Crippen LogP contribution in [0.5, 0.6) is 0 Å². The molecule has 1 rings (SSSR count). The number of carbonyl (C=O) groups is 3. The second-order valence-corrected chi connectivity index (χ2v) is 4.15. The van der Waals surface area contributed by atoms with Crippen molar-refractivity contribution in [1.29, 1.82) is 0 Å². The first kappa shape index (κ1) is 15.6. The second kappa shape index (κ2) is 7.87. The van der Waals surface area contributed by atoms with Crippen LogP contribution in [0.15, 0.2) is 12.7 Å². The number of carboxylic acids is 2. The molecule has 0 aliphatic rings. The average molecular weight is 284 g/mol. The molecule has 20 heavy (non-hydrogen) atoms. The van der Waals surface area contributed by atoms with Crippen molar-refractivity contribution in [3.8, 4) is 0 Å². The summed E-state index contributed by atoms with van der Waals surface area (Å²) < 4.78 is 1.46. The van der Waals surface area contributed by atoms with E-state index in [2.05, 4.69) is 15.4 Å². The van der Waals surface area contributed by atoms with Crippen molar-refractivity contribution in [1.82, 2.24) is 20.1 Å². The number of carboxylic acid groups (broad SMARTS) is 2. The van der Waals surface area contributed by atoms with Gasteiger partial charge in [-0.3, -0.25) is 14.3 Å². The van der Waals surface area contributed by atoms with Crippen LogP contribution in [0, 0.1) is 0 Å². The van der Waals surface area contributed by atoms with Gasteiger partial charge in [0.25, 0.3) is 0 Å². The van der Waals surface area contributed by atoms with Crippen LogP contribution in [0.2, 0.25) is 0 Å². The summed E-state index contributed by atoms with van der Waals surface area (Å²) in [7, 11) is 0. The summed E-state index contributed by atoms with van der Waals surface area (Å²) in [5.74, 6) is -2.60. The Morgan fingerprint density at radius 3 is 2.55 bits per heavy atom. The summed E-state index contributed by atoms with van der Waals surface area (Å²) in [5, 5.41) is 23.6. The van der Waals surface area contributed by atoms with Gasteiger partial charge in [0.15, 0.2) is 0 Å². The lowest BCUT2D eigenvalue weighted by Crippen LogP contribution is -2.41. The summed E-state index contributed by atoms with van der Waals surface area (Å²) >= 11 is 0. The summed E-state index contributed by atoms with van der Waals surface area (Å²) in [5.41, 5.74) is 0. The van der Waals surface area contributed by atoms with Gasteiger partial charge >= 0.3 is 11.9 Å². The van der Waals surface area contributed by atoms with Crippen molar-refractivity contribution in [3.05, 3.63) is 12.7 Å². The van der Waals surface area contributed by atoms with Gasteiger partial charge in [0.05, 0.1) is 6.54 Å². The van der Waals surface area contributed by atoms with Crippen LogP contribution < -0.4 is 5.32 Å². The molecule has 0 aliphatic heterocycles. The Morgan fingerprint density at radius 2 is 2.00 bits per heavy atom. The van der Waals surface area contributed by atoms with Crippen LogP contribution in [0.3, 0.4) is 0 Å². The van der Waals surface area contributed by atoms with Crippen molar-refractivity contribution in [2.24, 2.45) is 0 Å². The molecule has 0 saturated heterocycles. The first-order chi connectivity index (χ1) is 9.49. The second-order valence-electron chi connectivity index (χ2n) is 4.15. The van der Waals surface area contributed by atoms with Gasteiger partial charge in [-0.15, -0.1) is 0 Å². The van der Waals surface area contributed by atoms with Crippen LogP contribution >= 0.6 is 0 Å². The van der Waals surface area contributed by atoms with Gasteiger partial charge in [-0.2, -0.15) is 5.10 Å². The Morgan fingerprint density at radius 1 is 1.25 bits per heavy atom. The molecule has 9 heteroatoms. The number of amides is 1. The molecule has 1 heterocycles. The zero-order valence-electron chi connectivity index (χ0n) is 10.7. The molecular weight excluding hydrogens is 268 g/mol. The minimum absolute atomic E-state index is 0.0755. The Kier molecular flexibility index (Phi) is 6.14. The maximum atomic E-state index is 11.6. The fourth-order valence-corrected chi connectivity index (χ4v) is 1.55. The lowest BCUT2D eigenvalue weighted by Gasteiger charge is -2.13. The number of aromatic nitrogens is 3. The molecule has 0 bridgehead atoms. The van der Waals surface area contributed by atoms with E-state index in [4.69, 9.17) is 10.2 Å². The molecule has 0 radical (unpaired) electrons. The minimum Gasteiger partial charge on any atom is -0.481 e. The fourth-order valence-electron chi connectivity index (χ4n) is 1.55. The van der Waals surface area contributed by atoms with E-state index in [1.54, 1.807) is 0 Å². The van der Waals surface area contributed by atoms with Crippen LogP contribution in [-0.4, -0.2) is 48.9 Å². The third kappa shape index (κ3) is 5.94. The molecule has 0 unspecified atom stereocenters. The lowest BCUT2D eigenvalue weighted by atomic mass is 10.1. The number of aliphatic carboxylic acids is 2. The van der Waals surface area contributed by atoms with E-state index >= 15 is 0 Å². The fraction of sp³-hybridized carbons (Fsp3) is 0.545. The molecule has 1 atom stereocenters. The number of nitrogens with zero attached hydrogens (tertiary/aromatic N) is 3. The quantitative estimate of drug-likeness (QED) is 0.556. The van der Waals surface area contributed by atoms with Gasteiger partial charge < -0.3 is 15.5 Å². The Hall–Kier alpha value is -2.45. The zero-order chi connectivity index (χ0) is 15.0. The average Bonchev–Trinajstić information content (AvgIpc) is 2.87. The van der Waals surface area contributed by atoms with E-state index in [-0.39, 0.29) is 25.7 Å². The van der Waals surface area contributed by atoms with Crippen molar-refractivity contribution in [2.75, 3.05) is 0 Å². The third-order valence-electron chi connectivity index (χ3n) is 2.55. The summed E-state index contributed by atoms with van der Waals surface area (Å²) in [6.07, 6.45) is 3.01. The van der Waals surface area contributed by atoms with Crippen molar-refractivity contribution < 1.29 is 24.6 Å². The SMILES string of the molecule is O=C(O)CCC[C@@H](NC(=O)CCn1cncn1)C(=O)O. The third-order valence-corrected chi connectivity index (χ3v) is 2.55. The molecule has 3 N–H and O–H groups in total. The summed E-state index contributed by atoms with van der Waals surface area (Å²) in [4.78, 5) is 36.6. The summed E-state index contributed by atoms with van der Waals surface area (Å²) in [6.45, 7) is 0.299. The Balaban J connectivity index is 2.34. The minimum atomic E-state index is -1.18. The van der Waals surface area contributed by atoms with E-state index in [9.17, 15) is 14.4 Å². The standard InChI is InChI=1S/C11H16N4O5/c16-9(4-5-15-7-12-6-13-15)14-8(11(19)20)2-1-3-10(17)18/h6-8H,1-5H2,(H,14,16)(H,17,18)(H,19,20)/t8-/m1/s1. The molecule has 0 spiro atoms. The van der Waals surface area contributed by atoms with Gasteiger partial charge in [0.1, 0.15) is 18.7 Å². The van der Waals surface area contributed by atoms with Crippen molar-refractivity contribution in [3.63, 3.8) is 0 Å². The van der Waals surface area contributed by atoms with Gasteiger partial charge in [-0.25, -0.2) is 9.78 Å². The molecular formula is C11H16N4O5. The van der Waals surface area contributed by atoms with E-state index in [1.807, 2.05) is 0 Å². The highest BCUT2D eigenvalue weighted by molar-refractivity contribution is 5.83. The van der Waals surface area contributed by atoms with E-state index in [0.29, 0.717) is 6.54 Å². The van der Waals surface area contributed by atoms with Gasteiger partial charge in [-0.05, 0) is 12.8 Å². The Bertz CT molecular complexity index is 459. The highest BCUT2D eigenvalue weighted by Gasteiger charge is 2.19. The molecule has 1 aromatic heterocycles. The predicted molar refractivity (Wildman–Crippen MR) is 65.7 cm³/mol. The first-order valence-corrected chi connectivity index (χ1v) is 6.05. The molecule has 0 saturated carbocycles. The number of aryl methyl sites for hydroxylation is 1. The first-order valence-electron chi connectivity index (χ1n) is 6.05. The van der Waals surface area contributed by atoms with E-state index in [1.165, 1.54) is 17.3 Å². The highest BCUT2D eigenvalue weighted by Crippen LogP contribution is 2.02. The molecule has 9 nitrogen and oxygen atoms in total. The number of hydrogen-bond donors (Lipinski definition) is 3. The van der Waals surface area contributed by atoms with Crippen LogP contribution in [0.25, 0.3) is 0 Å². The van der Waals surface area contributed by atoms with Crippen molar-refractivity contribution >= 4 is 17.8 Å². The number of nitrogens with one attached hydrogen (secondary N) is 1. The van der Waals surface area contributed by atoms with Crippen LogP contribution in [0.4, 0.5) is 0 Å². The molecule has 110 valence electrons. The van der Waals surface area contributed by atoms with Gasteiger partial charge in [0.2, 0.25) is 5.91 Å². The predicted octanol–water partition coefficient (Wildman–Crippen LogP) is -0.507. The summed E-state index contributed by atoms with van der Waals surface area (Å²) in [6, 6.07) is -1.07. The van der Waals surface area contributed by atoms with Gasteiger partial charge in [0, 0.05) is 12.8 Å². The maximum Gasteiger partial charge on any atom is 0.326 e. The largest absolute Gasteiger partial charge is 0.481 e. The molecule has 1 aromatic rings. The number of hydrogen-bond acceptors (Lipinski definition) is 5. The van der Waals surface area contributed by atoms with E-state index < -0.39 is 23.9 Å². The smallest absolute Gasteiger partial charge is 0.326 e. The van der Waals surface area contributed by atoms with Gasteiger partial charge in [-0.1, -0.05) is 0 Å². The van der Waals surface area contributed by atoms with Crippen molar-refractivity contribution in [2.45, 2.75) is 38.3 Å². The topological polar surface area (TPSA) is 134 Å². The molecule has 1 amide bonds. The number of carbonyl (C=O) groups excluding carboxylic acids is 1. The Labute approximate surface area is 114 Å². The van der Waals surface area contributed by atoms with Crippen LogP contribution in [0.1, 0.15) is 25.7 Å². The number of rotatable bonds is 9.